The number of ether oxygens (including phenoxy) is 3. The number of fused-ring (bicyclic) bond motifs is 3. The van der Waals surface area contributed by atoms with Crippen LogP contribution in [0.25, 0.3) is 21.5 Å². The van der Waals surface area contributed by atoms with E-state index in [1.54, 1.807) is 21.3 Å². The monoisotopic (exact) mass is 646 g/mol. The molecular formula is C34H30Cl2O3Zr-2. The molecule has 0 saturated carbocycles. The first kappa shape index (κ1) is 33.2. The second-order valence-corrected chi connectivity index (χ2v) is 9.73. The Balaban J connectivity index is 0.000000235. The topological polar surface area (TPSA) is 27.7 Å². The number of rotatable bonds is 5. The van der Waals surface area contributed by atoms with E-state index in [9.17, 15) is 0 Å². The van der Waals surface area contributed by atoms with Gasteiger partial charge in [0, 0.05) is 0 Å². The van der Waals surface area contributed by atoms with Crippen LogP contribution >= 0.6 is 0 Å². The zero-order valence-corrected chi connectivity index (χ0v) is 26.6. The molecule has 40 heavy (non-hydrogen) atoms. The molecule has 0 radical (unpaired) electrons. The first-order chi connectivity index (χ1) is 18.6. The molecular weight excluding hydrogens is 619 g/mol. The number of allylic oxidation sites excluding steroid dienone is 4. The van der Waals surface area contributed by atoms with Gasteiger partial charge in [-0.3, -0.25) is 6.08 Å². The van der Waals surface area contributed by atoms with Gasteiger partial charge >= 0.3 is 99.2 Å². The van der Waals surface area contributed by atoms with E-state index in [2.05, 4.69) is 84.9 Å². The van der Waals surface area contributed by atoms with Gasteiger partial charge in [0.1, 0.15) is 11.5 Å². The molecule has 0 aliphatic heterocycles. The molecule has 0 atom stereocenters. The number of benzene rings is 4. The van der Waals surface area contributed by atoms with E-state index >= 15 is 0 Å². The summed E-state index contributed by atoms with van der Waals surface area (Å²) in [4.78, 5) is 0. The van der Waals surface area contributed by atoms with Crippen molar-refractivity contribution in [2.75, 3.05) is 21.3 Å². The van der Waals surface area contributed by atoms with Gasteiger partial charge in [-0.1, -0.05) is 18.2 Å². The third-order valence-electron chi connectivity index (χ3n) is 6.13. The van der Waals surface area contributed by atoms with Crippen molar-refractivity contribution >= 4 is 24.8 Å². The summed E-state index contributed by atoms with van der Waals surface area (Å²) in [6.07, 6.45) is 10.0. The molecule has 6 heteroatoms. The van der Waals surface area contributed by atoms with Gasteiger partial charge < -0.3 is 39.0 Å². The number of methoxy groups -OCH3 is 3. The maximum atomic E-state index is 5.36. The Labute approximate surface area is 264 Å². The van der Waals surface area contributed by atoms with Crippen LogP contribution in [-0.4, -0.2) is 24.5 Å². The standard InChI is InChI=1S/C16H15O3.C13H10.C5H5.2ClH.Zr/c1-17-12-4-5-13-10(7-12)6-11-8-15(18-2)16(19-3)9-14(11)13;1-3-7-12(8-4-1)11-13-9-5-2-6-10-13;1-2-4-5-3-1;;;/h4-9H,1-3H3;1-10H;1-3H,4H2;2*1H;/q-1;;-1;;;+2/p-2. The second-order valence-electron chi connectivity index (χ2n) is 8.50. The van der Waals surface area contributed by atoms with E-state index < -0.39 is 0 Å². The van der Waals surface area contributed by atoms with E-state index in [0.717, 1.165) is 39.8 Å². The summed E-state index contributed by atoms with van der Waals surface area (Å²) in [5.41, 5.74) is 2.66. The average molecular weight is 649 g/mol. The molecule has 0 fully saturated rings. The molecule has 0 heterocycles. The van der Waals surface area contributed by atoms with Crippen LogP contribution in [0.5, 0.6) is 17.2 Å². The second kappa shape index (κ2) is 16.9. The van der Waals surface area contributed by atoms with Crippen LogP contribution in [0.3, 0.4) is 0 Å². The van der Waals surface area contributed by atoms with E-state index in [0.29, 0.717) is 0 Å². The summed E-state index contributed by atoms with van der Waals surface area (Å²) in [7, 11) is 4.98. The molecule has 0 N–H and O–H groups in total. The van der Waals surface area contributed by atoms with Crippen molar-refractivity contribution in [2.45, 2.75) is 6.42 Å². The summed E-state index contributed by atoms with van der Waals surface area (Å²) in [6, 6.07) is 33.3. The Morgan fingerprint density at radius 2 is 1.27 bits per heavy atom. The minimum atomic E-state index is 0. The van der Waals surface area contributed by atoms with Gasteiger partial charge in [-0.2, -0.15) is 6.08 Å². The molecule has 0 bridgehead atoms. The summed E-state index contributed by atoms with van der Waals surface area (Å²) in [5, 5.41) is 4.65. The van der Waals surface area contributed by atoms with Crippen molar-refractivity contribution in [1.82, 2.24) is 0 Å². The summed E-state index contributed by atoms with van der Waals surface area (Å²) >= 11 is 1.46. The predicted octanol–water partition coefficient (Wildman–Crippen LogP) is 1.85. The molecule has 0 saturated heterocycles. The number of halogens is 2. The normalized spacial score (nSPS) is 10.8. The van der Waals surface area contributed by atoms with Crippen LogP contribution in [0.1, 0.15) is 17.5 Å². The van der Waals surface area contributed by atoms with Crippen molar-refractivity contribution in [2.24, 2.45) is 0 Å². The molecule has 5 aromatic carbocycles. The van der Waals surface area contributed by atoms with Crippen LogP contribution in [0, 0.1) is 6.08 Å². The Morgan fingerprint density at radius 3 is 1.75 bits per heavy atom. The van der Waals surface area contributed by atoms with Gasteiger partial charge in [0.05, 0.1) is 27.1 Å². The van der Waals surface area contributed by atoms with Crippen LogP contribution < -0.4 is 39.0 Å². The van der Waals surface area contributed by atoms with E-state index in [4.69, 9.17) is 14.2 Å². The molecule has 1 aliphatic carbocycles. The van der Waals surface area contributed by atoms with Crippen LogP contribution in [0.2, 0.25) is 0 Å². The van der Waals surface area contributed by atoms with Gasteiger partial charge in [-0.15, -0.1) is 34.0 Å². The van der Waals surface area contributed by atoms with Crippen molar-refractivity contribution in [3.05, 3.63) is 132 Å². The average Bonchev–Trinajstić information content (AvgIpc) is 3.68. The summed E-state index contributed by atoms with van der Waals surface area (Å²) < 4.78 is 17.4. The van der Waals surface area contributed by atoms with Gasteiger partial charge in [0.2, 0.25) is 0 Å². The zero-order chi connectivity index (χ0) is 26.7. The quantitative estimate of drug-likeness (QED) is 0.273. The molecule has 5 aromatic rings. The Bertz CT molecular complexity index is 1510. The van der Waals surface area contributed by atoms with Crippen molar-refractivity contribution in [3.63, 3.8) is 0 Å². The van der Waals surface area contributed by atoms with E-state index in [-0.39, 0.29) is 24.8 Å². The summed E-state index contributed by atoms with van der Waals surface area (Å²) in [6.45, 7) is 0. The molecule has 0 amide bonds. The minimum absolute atomic E-state index is 0. The first-order valence-corrected chi connectivity index (χ1v) is 13.6. The third kappa shape index (κ3) is 8.48. The van der Waals surface area contributed by atoms with Crippen LogP contribution in [0.15, 0.2) is 115 Å². The molecule has 204 valence electrons. The fourth-order valence-electron chi connectivity index (χ4n) is 4.16. The van der Waals surface area contributed by atoms with Gasteiger partial charge in [0.25, 0.3) is 0 Å². The molecule has 3 nitrogen and oxygen atoms in total. The van der Waals surface area contributed by atoms with Gasteiger partial charge in [-0.05, 0) is 12.1 Å². The number of hydrogen-bond acceptors (Lipinski definition) is 3. The van der Waals surface area contributed by atoms with Crippen molar-refractivity contribution in [3.8, 4) is 17.2 Å². The fourth-order valence-corrected chi connectivity index (χ4v) is 4.98. The Morgan fingerprint density at radius 1 is 0.700 bits per heavy atom. The molecule has 6 rings (SSSR count). The first-order valence-electron chi connectivity index (χ1n) is 12.3. The maximum absolute atomic E-state index is 5.36. The molecule has 0 spiro atoms. The molecule has 1 aliphatic rings. The fraction of sp³-hybridized carbons (Fsp3) is 0.118. The van der Waals surface area contributed by atoms with E-state index in [1.165, 1.54) is 44.0 Å². The van der Waals surface area contributed by atoms with Gasteiger partial charge in [-0.25, -0.2) is 12.2 Å². The number of hydrogen-bond donors (Lipinski definition) is 0. The van der Waals surface area contributed by atoms with Crippen LogP contribution in [-0.2, 0) is 24.2 Å². The Kier molecular flexibility index (Phi) is 14.0. The predicted molar refractivity (Wildman–Crippen MR) is 154 cm³/mol. The Hall–Kier alpha value is -3.04. The zero-order valence-electron chi connectivity index (χ0n) is 22.7. The SMILES string of the molecule is COc1ccc2c(c1)[cH-]c1cc(OC)c(OC)cc12.[C-]1=CC=CC1.[Cl-].[Cl-].[Zr+2]=[C](c1ccccc1)c1ccccc1. The van der Waals surface area contributed by atoms with Crippen molar-refractivity contribution < 1.29 is 63.3 Å². The van der Waals surface area contributed by atoms with Crippen LogP contribution in [0.4, 0.5) is 0 Å². The van der Waals surface area contributed by atoms with Gasteiger partial charge in [0.15, 0.2) is 0 Å². The summed E-state index contributed by atoms with van der Waals surface area (Å²) in [5.74, 6) is 2.36. The van der Waals surface area contributed by atoms with E-state index in [1.807, 2.05) is 36.4 Å². The third-order valence-corrected chi connectivity index (χ3v) is 7.55. The van der Waals surface area contributed by atoms with Crippen molar-refractivity contribution in [1.29, 1.82) is 0 Å². The molecule has 0 aromatic heterocycles. The molecule has 0 unspecified atom stereocenters.